The van der Waals surface area contributed by atoms with Gasteiger partial charge in [-0.15, -0.1) is 12.4 Å². The van der Waals surface area contributed by atoms with E-state index in [1.54, 1.807) is 0 Å². The van der Waals surface area contributed by atoms with Crippen LogP contribution in [-0.2, 0) is 12.8 Å². The molecule has 3 aromatic rings. The predicted molar refractivity (Wildman–Crippen MR) is 120 cm³/mol. The van der Waals surface area contributed by atoms with Crippen LogP contribution in [0.25, 0.3) is 5.69 Å². The summed E-state index contributed by atoms with van der Waals surface area (Å²) >= 11 is 0. The summed E-state index contributed by atoms with van der Waals surface area (Å²) in [4.78, 5) is 15.5. The van der Waals surface area contributed by atoms with Crippen LogP contribution in [0, 0.1) is 5.92 Å². The number of nitrogens with zero attached hydrogens (tertiary/aromatic N) is 3. The normalized spacial score (nSPS) is 20.1. The van der Waals surface area contributed by atoms with E-state index in [-0.39, 0.29) is 30.2 Å². The molecule has 1 aliphatic heterocycles. The van der Waals surface area contributed by atoms with Crippen molar-refractivity contribution >= 4 is 18.3 Å². The van der Waals surface area contributed by atoms with Crippen LogP contribution in [0.2, 0.25) is 0 Å². The molecule has 1 saturated heterocycles. The first-order chi connectivity index (χ1) is 14.3. The average Bonchev–Trinajstić information content (AvgIpc) is 3.49. The van der Waals surface area contributed by atoms with Crippen LogP contribution in [0.5, 0.6) is 0 Å². The Balaban J connectivity index is 0.00000218. The van der Waals surface area contributed by atoms with Crippen molar-refractivity contribution in [3.63, 3.8) is 0 Å². The molecule has 0 bridgehead atoms. The fourth-order valence-corrected chi connectivity index (χ4v) is 4.90. The fourth-order valence-electron chi connectivity index (χ4n) is 4.90. The van der Waals surface area contributed by atoms with E-state index in [1.807, 2.05) is 46.0 Å². The Bertz CT molecular complexity index is 1020. The van der Waals surface area contributed by atoms with Crippen LogP contribution in [0.15, 0.2) is 60.7 Å². The molecular weight excluding hydrogens is 396 g/mol. The molecule has 1 fully saturated rings. The minimum Gasteiger partial charge on any atom is -0.336 e. The summed E-state index contributed by atoms with van der Waals surface area (Å²) in [5, 5.41) is 4.79. The topological polar surface area (TPSA) is 64.2 Å². The molecule has 0 unspecified atom stereocenters. The highest BCUT2D eigenvalue weighted by atomic mass is 35.5. The van der Waals surface area contributed by atoms with Gasteiger partial charge in [0, 0.05) is 30.3 Å². The molecule has 2 N–H and O–H groups in total. The van der Waals surface area contributed by atoms with Gasteiger partial charge < -0.3 is 10.6 Å². The van der Waals surface area contributed by atoms with Crippen molar-refractivity contribution in [3.8, 4) is 5.69 Å². The van der Waals surface area contributed by atoms with Crippen molar-refractivity contribution in [1.29, 1.82) is 0 Å². The van der Waals surface area contributed by atoms with Gasteiger partial charge in [0.1, 0.15) is 0 Å². The van der Waals surface area contributed by atoms with E-state index in [9.17, 15) is 4.79 Å². The summed E-state index contributed by atoms with van der Waals surface area (Å²) in [6, 6.07) is 20.5. The standard InChI is InChI=1S/C24H26N4O.ClH/c25-14-18-15-27(16-21(18)17-8-3-1-4-9-17)24(29)23-20-12-7-13-22(20)28(26-23)19-10-5-2-6-11-19;/h1-6,8-11,18,21H,7,12-16,25H2;1H/t18-,21+;/m1./s1. The second-order valence-electron chi connectivity index (χ2n) is 8.10. The van der Waals surface area contributed by atoms with Gasteiger partial charge >= 0.3 is 0 Å². The number of likely N-dealkylation sites (tertiary alicyclic amines) is 1. The summed E-state index contributed by atoms with van der Waals surface area (Å²) in [7, 11) is 0. The fraction of sp³-hybridized carbons (Fsp3) is 0.333. The molecule has 2 heterocycles. The van der Waals surface area contributed by atoms with Crippen molar-refractivity contribution in [2.45, 2.75) is 25.2 Å². The molecule has 1 amide bonds. The Morgan fingerprint density at radius 3 is 2.40 bits per heavy atom. The molecule has 1 aliphatic carbocycles. The zero-order valence-electron chi connectivity index (χ0n) is 16.9. The van der Waals surface area contributed by atoms with Gasteiger partial charge in [-0.1, -0.05) is 48.5 Å². The quantitative estimate of drug-likeness (QED) is 0.698. The van der Waals surface area contributed by atoms with Crippen molar-refractivity contribution in [2.75, 3.05) is 19.6 Å². The highest BCUT2D eigenvalue weighted by Gasteiger charge is 2.38. The van der Waals surface area contributed by atoms with Gasteiger partial charge in [0.05, 0.1) is 5.69 Å². The van der Waals surface area contributed by atoms with Gasteiger partial charge in [0.2, 0.25) is 0 Å². The predicted octanol–water partition coefficient (Wildman–Crippen LogP) is 3.60. The molecular formula is C24H27ClN4O. The van der Waals surface area contributed by atoms with Crippen LogP contribution < -0.4 is 5.73 Å². The molecule has 1 aromatic heterocycles. The van der Waals surface area contributed by atoms with Crippen molar-refractivity contribution in [3.05, 3.63) is 83.2 Å². The first-order valence-corrected chi connectivity index (χ1v) is 10.5. The zero-order valence-corrected chi connectivity index (χ0v) is 17.7. The largest absolute Gasteiger partial charge is 0.336 e. The lowest BCUT2D eigenvalue weighted by atomic mass is 9.89. The summed E-state index contributed by atoms with van der Waals surface area (Å²) < 4.78 is 1.97. The molecule has 6 heteroatoms. The third-order valence-corrected chi connectivity index (χ3v) is 6.39. The number of para-hydroxylation sites is 1. The number of halogens is 1. The third-order valence-electron chi connectivity index (χ3n) is 6.39. The second-order valence-corrected chi connectivity index (χ2v) is 8.10. The first kappa shape index (κ1) is 20.6. The van der Waals surface area contributed by atoms with Crippen LogP contribution in [0.1, 0.15) is 39.6 Å². The summed E-state index contributed by atoms with van der Waals surface area (Å²) in [5.74, 6) is 0.620. The van der Waals surface area contributed by atoms with Crippen LogP contribution in [0.3, 0.4) is 0 Å². The minimum absolute atomic E-state index is 0. The number of carbonyl (C=O) groups excluding carboxylic acids is 1. The molecule has 5 rings (SSSR count). The third kappa shape index (κ3) is 3.53. The van der Waals surface area contributed by atoms with E-state index in [4.69, 9.17) is 10.8 Å². The van der Waals surface area contributed by atoms with Gasteiger partial charge in [0.15, 0.2) is 5.69 Å². The lowest BCUT2D eigenvalue weighted by Crippen LogP contribution is -2.31. The second kappa shape index (κ2) is 8.62. The summed E-state index contributed by atoms with van der Waals surface area (Å²) in [6.07, 6.45) is 2.99. The molecule has 0 radical (unpaired) electrons. The number of aromatic nitrogens is 2. The molecule has 0 saturated carbocycles. The molecule has 5 nitrogen and oxygen atoms in total. The number of amides is 1. The average molecular weight is 423 g/mol. The van der Waals surface area contributed by atoms with Gasteiger partial charge in [-0.05, 0) is 49.4 Å². The molecule has 0 spiro atoms. The number of hydrogen-bond donors (Lipinski definition) is 1. The number of carbonyl (C=O) groups is 1. The van der Waals surface area contributed by atoms with Gasteiger partial charge in [-0.2, -0.15) is 5.10 Å². The lowest BCUT2D eigenvalue weighted by Gasteiger charge is -2.16. The molecule has 2 aromatic carbocycles. The molecule has 2 atom stereocenters. The van der Waals surface area contributed by atoms with Crippen molar-refractivity contribution in [2.24, 2.45) is 11.7 Å². The SMILES string of the molecule is Cl.NC[C@@H]1CN(C(=O)c2nn(-c3ccccc3)c3c2CCC3)C[C@H]1c1ccccc1. The Morgan fingerprint density at radius 1 is 1.00 bits per heavy atom. The number of hydrogen-bond acceptors (Lipinski definition) is 3. The Morgan fingerprint density at radius 2 is 1.70 bits per heavy atom. The van der Waals surface area contributed by atoms with Crippen molar-refractivity contribution < 1.29 is 4.79 Å². The Labute approximate surface area is 183 Å². The van der Waals surface area contributed by atoms with Gasteiger partial charge in [-0.3, -0.25) is 4.79 Å². The Hall–Kier alpha value is -2.63. The highest BCUT2D eigenvalue weighted by Crippen LogP contribution is 2.34. The first-order valence-electron chi connectivity index (χ1n) is 10.5. The number of fused-ring (bicyclic) bond motifs is 1. The van der Waals surface area contributed by atoms with E-state index >= 15 is 0 Å². The molecule has 156 valence electrons. The maximum atomic E-state index is 13.5. The summed E-state index contributed by atoms with van der Waals surface area (Å²) in [5.41, 5.74) is 11.3. The van der Waals surface area contributed by atoms with E-state index in [0.29, 0.717) is 25.3 Å². The summed E-state index contributed by atoms with van der Waals surface area (Å²) in [6.45, 7) is 1.99. The van der Waals surface area contributed by atoms with Crippen LogP contribution >= 0.6 is 12.4 Å². The van der Waals surface area contributed by atoms with E-state index in [1.165, 1.54) is 11.3 Å². The van der Waals surface area contributed by atoms with Gasteiger partial charge in [0.25, 0.3) is 5.91 Å². The minimum atomic E-state index is 0. The van der Waals surface area contributed by atoms with Gasteiger partial charge in [-0.25, -0.2) is 4.68 Å². The monoisotopic (exact) mass is 422 g/mol. The number of benzene rings is 2. The zero-order chi connectivity index (χ0) is 19.8. The maximum Gasteiger partial charge on any atom is 0.274 e. The molecule has 30 heavy (non-hydrogen) atoms. The Kier molecular flexibility index (Phi) is 5.93. The van der Waals surface area contributed by atoms with E-state index < -0.39 is 0 Å². The lowest BCUT2D eigenvalue weighted by molar-refractivity contribution is 0.0779. The van der Waals surface area contributed by atoms with E-state index in [0.717, 1.165) is 30.5 Å². The molecule has 2 aliphatic rings. The van der Waals surface area contributed by atoms with Crippen LogP contribution in [-0.4, -0.2) is 40.2 Å². The van der Waals surface area contributed by atoms with E-state index in [2.05, 4.69) is 24.3 Å². The van der Waals surface area contributed by atoms with Crippen LogP contribution in [0.4, 0.5) is 0 Å². The van der Waals surface area contributed by atoms with Crippen molar-refractivity contribution in [1.82, 2.24) is 14.7 Å². The maximum absolute atomic E-state index is 13.5. The number of nitrogens with two attached hydrogens (primary N) is 1. The highest BCUT2D eigenvalue weighted by molar-refractivity contribution is 5.94. The smallest absolute Gasteiger partial charge is 0.274 e. The number of rotatable bonds is 4.